The first kappa shape index (κ1) is 17.2. The third-order valence-electron chi connectivity index (χ3n) is 3.21. The summed E-state index contributed by atoms with van der Waals surface area (Å²) in [5, 5.41) is 0. The van der Waals surface area contributed by atoms with E-state index in [0.717, 1.165) is 11.1 Å². The lowest BCUT2D eigenvalue weighted by Gasteiger charge is -2.25. The van der Waals surface area contributed by atoms with Crippen LogP contribution >= 0.6 is 0 Å². The fourth-order valence-electron chi connectivity index (χ4n) is 1.99. The third-order valence-corrected chi connectivity index (χ3v) is 3.21. The lowest BCUT2D eigenvalue weighted by atomic mass is 10.1. The van der Waals surface area contributed by atoms with Crippen LogP contribution in [0.5, 0.6) is 0 Å². The van der Waals surface area contributed by atoms with Crippen molar-refractivity contribution in [1.82, 2.24) is 4.90 Å². The Hall–Kier alpha value is -1.88. The van der Waals surface area contributed by atoms with Crippen LogP contribution in [0.2, 0.25) is 0 Å². The molecule has 0 aliphatic carbocycles. The Balaban J connectivity index is 2.79. The van der Waals surface area contributed by atoms with Crippen LogP contribution in [0.1, 0.15) is 18.1 Å². The van der Waals surface area contributed by atoms with Crippen LogP contribution in [0, 0.1) is 12.8 Å². The maximum absolute atomic E-state index is 12.1. The molecule has 0 radical (unpaired) electrons. The van der Waals surface area contributed by atoms with E-state index in [4.69, 9.17) is 9.47 Å². The van der Waals surface area contributed by atoms with Gasteiger partial charge in [0.15, 0.2) is 0 Å². The quantitative estimate of drug-likeness (QED) is 0.719. The molecule has 0 heterocycles. The second-order valence-electron chi connectivity index (χ2n) is 5.12. The molecule has 0 aliphatic rings. The number of methoxy groups -OCH3 is 2. The molecule has 116 valence electrons. The molecule has 0 N–H and O–H groups in total. The molecule has 1 unspecified atom stereocenters. The Bertz CT molecular complexity index is 470. The lowest BCUT2D eigenvalue weighted by Crippen LogP contribution is -2.38. The van der Waals surface area contributed by atoms with Gasteiger partial charge >= 0.3 is 5.97 Å². The number of aryl methyl sites for hydroxylation is 1. The van der Waals surface area contributed by atoms with E-state index in [2.05, 4.69) is 0 Å². The summed E-state index contributed by atoms with van der Waals surface area (Å²) in [5.74, 6) is -0.843. The Morgan fingerprint density at radius 3 is 2.33 bits per heavy atom. The number of hydrogen-bond donors (Lipinski definition) is 0. The summed E-state index contributed by atoms with van der Waals surface area (Å²) in [6, 6.07) is 7.95. The molecule has 0 fully saturated rings. The number of esters is 1. The van der Waals surface area contributed by atoms with E-state index < -0.39 is 0 Å². The highest BCUT2D eigenvalue weighted by Gasteiger charge is 2.21. The van der Waals surface area contributed by atoms with Gasteiger partial charge in [0.2, 0.25) is 5.91 Å². The first-order chi connectivity index (χ1) is 9.97. The number of nitrogens with zero attached hydrogens (tertiary/aromatic N) is 1. The first-order valence-electron chi connectivity index (χ1n) is 6.88. The standard InChI is InChI=1S/C16H23NO4/c1-12-5-7-14(8-6-12)10-17(15(18)11-20-3)9-13(2)16(19)21-4/h5-8,13H,9-11H2,1-4H3. The molecule has 5 nitrogen and oxygen atoms in total. The van der Waals surface area contributed by atoms with Gasteiger partial charge in [-0.05, 0) is 12.5 Å². The zero-order chi connectivity index (χ0) is 15.8. The van der Waals surface area contributed by atoms with Gasteiger partial charge in [0.1, 0.15) is 6.61 Å². The number of hydrogen-bond acceptors (Lipinski definition) is 4. The van der Waals surface area contributed by atoms with Crippen molar-refractivity contribution >= 4 is 11.9 Å². The van der Waals surface area contributed by atoms with Gasteiger partial charge in [-0.15, -0.1) is 0 Å². The molecule has 0 saturated heterocycles. The SMILES string of the molecule is COCC(=O)N(Cc1ccc(C)cc1)CC(C)C(=O)OC. The molecule has 5 heteroatoms. The summed E-state index contributed by atoms with van der Waals surface area (Å²) in [4.78, 5) is 25.3. The first-order valence-corrected chi connectivity index (χ1v) is 6.88. The maximum atomic E-state index is 12.1. The van der Waals surface area contributed by atoms with E-state index in [1.165, 1.54) is 14.2 Å². The third kappa shape index (κ3) is 5.55. The molecule has 0 aromatic heterocycles. The lowest BCUT2D eigenvalue weighted by molar-refractivity contribution is -0.147. The maximum Gasteiger partial charge on any atom is 0.310 e. The van der Waals surface area contributed by atoms with Crippen molar-refractivity contribution in [3.05, 3.63) is 35.4 Å². The fourth-order valence-corrected chi connectivity index (χ4v) is 1.99. The molecular weight excluding hydrogens is 270 g/mol. The molecule has 0 bridgehead atoms. The van der Waals surface area contributed by atoms with E-state index in [9.17, 15) is 9.59 Å². The van der Waals surface area contributed by atoms with Gasteiger partial charge in [0.05, 0.1) is 13.0 Å². The van der Waals surface area contributed by atoms with Gasteiger partial charge < -0.3 is 14.4 Å². The number of carbonyl (C=O) groups excluding carboxylic acids is 2. The highest BCUT2D eigenvalue weighted by molar-refractivity contribution is 5.79. The molecule has 0 aliphatic heterocycles. The largest absolute Gasteiger partial charge is 0.469 e. The molecule has 1 rings (SSSR count). The molecule has 21 heavy (non-hydrogen) atoms. The van der Waals surface area contributed by atoms with Gasteiger partial charge in [-0.25, -0.2) is 0 Å². The van der Waals surface area contributed by atoms with Gasteiger partial charge in [-0.2, -0.15) is 0 Å². The van der Waals surface area contributed by atoms with Crippen molar-refractivity contribution in [3.63, 3.8) is 0 Å². The second kappa shape index (κ2) is 8.42. The number of benzene rings is 1. The molecule has 1 aromatic rings. The number of ether oxygens (including phenoxy) is 2. The van der Waals surface area contributed by atoms with Gasteiger partial charge in [-0.1, -0.05) is 36.8 Å². The molecule has 0 saturated carbocycles. The van der Waals surface area contributed by atoms with E-state index in [1.807, 2.05) is 31.2 Å². The van der Waals surface area contributed by atoms with Gasteiger partial charge in [-0.3, -0.25) is 9.59 Å². The average Bonchev–Trinajstić information content (AvgIpc) is 2.48. The topological polar surface area (TPSA) is 55.8 Å². The van der Waals surface area contributed by atoms with E-state index in [-0.39, 0.29) is 24.4 Å². The van der Waals surface area contributed by atoms with Crippen LogP contribution in [0.25, 0.3) is 0 Å². The molecule has 0 spiro atoms. The van der Waals surface area contributed by atoms with E-state index in [0.29, 0.717) is 13.1 Å². The summed E-state index contributed by atoms with van der Waals surface area (Å²) in [6.07, 6.45) is 0. The van der Waals surface area contributed by atoms with Crippen molar-refractivity contribution in [2.75, 3.05) is 27.4 Å². The van der Waals surface area contributed by atoms with Gasteiger partial charge in [0, 0.05) is 20.2 Å². The Morgan fingerprint density at radius 2 is 1.81 bits per heavy atom. The fraction of sp³-hybridized carbons (Fsp3) is 0.500. The van der Waals surface area contributed by atoms with Crippen LogP contribution in [0.15, 0.2) is 24.3 Å². The van der Waals surface area contributed by atoms with E-state index >= 15 is 0 Å². The predicted octanol–water partition coefficient (Wildman–Crippen LogP) is 1.78. The van der Waals surface area contributed by atoms with Gasteiger partial charge in [0.25, 0.3) is 0 Å². The smallest absolute Gasteiger partial charge is 0.310 e. The minimum atomic E-state index is -0.374. The van der Waals surface area contributed by atoms with Crippen LogP contribution < -0.4 is 0 Å². The summed E-state index contributed by atoms with van der Waals surface area (Å²) < 4.78 is 9.61. The summed E-state index contributed by atoms with van der Waals surface area (Å²) in [6.45, 7) is 4.51. The monoisotopic (exact) mass is 293 g/mol. The summed E-state index contributed by atoms with van der Waals surface area (Å²) >= 11 is 0. The van der Waals surface area contributed by atoms with Crippen molar-refractivity contribution < 1.29 is 19.1 Å². The molecule has 1 atom stereocenters. The summed E-state index contributed by atoms with van der Waals surface area (Å²) in [5.41, 5.74) is 2.18. The zero-order valence-electron chi connectivity index (χ0n) is 13.1. The Labute approximate surface area is 125 Å². The van der Waals surface area contributed by atoms with E-state index in [1.54, 1.807) is 11.8 Å². The molecule has 1 amide bonds. The zero-order valence-corrected chi connectivity index (χ0v) is 13.1. The van der Waals surface area contributed by atoms with Crippen LogP contribution in [-0.4, -0.2) is 44.1 Å². The summed E-state index contributed by atoms with van der Waals surface area (Å²) in [7, 11) is 2.83. The van der Waals surface area contributed by atoms with Crippen molar-refractivity contribution in [2.45, 2.75) is 20.4 Å². The molecular formula is C16H23NO4. The minimum absolute atomic E-state index is 0.000244. The molecule has 1 aromatic carbocycles. The van der Waals surface area contributed by atoms with Crippen molar-refractivity contribution in [1.29, 1.82) is 0 Å². The van der Waals surface area contributed by atoms with Crippen molar-refractivity contribution in [2.24, 2.45) is 5.92 Å². The van der Waals surface area contributed by atoms with Crippen LogP contribution in [0.3, 0.4) is 0 Å². The minimum Gasteiger partial charge on any atom is -0.469 e. The number of amides is 1. The Kier molecular flexibility index (Phi) is 6.88. The Morgan fingerprint density at radius 1 is 1.19 bits per heavy atom. The highest BCUT2D eigenvalue weighted by Crippen LogP contribution is 2.10. The number of rotatable bonds is 7. The number of carbonyl (C=O) groups is 2. The van der Waals surface area contributed by atoms with Crippen molar-refractivity contribution in [3.8, 4) is 0 Å². The van der Waals surface area contributed by atoms with Crippen LogP contribution in [-0.2, 0) is 25.6 Å². The normalized spacial score (nSPS) is 11.8. The van der Waals surface area contributed by atoms with Crippen LogP contribution in [0.4, 0.5) is 0 Å². The predicted molar refractivity (Wildman–Crippen MR) is 79.7 cm³/mol. The second-order valence-corrected chi connectivity index (χ2v) is 5.12. The highest BCUT2D eigenvalue weighted by atomic mass is 16.5. The average molecular weight is 293 g/mol.